The van der Waals surface area contributed by atoms with E-state index in [-0.39, 0.29) is 23.2 Å². The molecule has 0 spiro atoms. The fourth-order valence-electron chi connectivity index (χ4n) is 3.05. The van der Waals surface area contributed by atoms with Crippen molar-refractivity contribution in [3.8, 4) is 6.07 Å². The quantitative estimate of drug-likeness (QED) is 0.755. The first-order valence-corrected chi connectivity index (χ1v) is 10.3. The third-order valence-corrected chi connectivity index (χ3v) is 5.82. The van der Waals surface area contributed by atoms with Gasteiger partial charge in [0.15, 0.2) is 0 Å². The molecule has 28 heavy (non-hydrogen) atoms. The fourth-order valence-corrected chi connectivity index (χ4v) is 4.14. The molecule has 148 valence electrons. The summed E-state index contributed by atoms with van der Waals surface area (Å²) in [6, 6.07) is 3.92. The highest BCUT2D eigenvalue weighted by Gasteiger charge is 2.26. The maximum Gasteiger partial charge on any atom is 0.229 e. The van der Waals surface area contributed by atoms with Crippen molar-refractivity contribution in [1.29, 1.82) is 5.26 Å². The standard InChI is InChI=1S/C20H26N6OS/c1-20(2,3)16-12-28-18(24-16)14(11-21)15-5-8-22-19(23-15)25-17(27)13-6-9-26(4)10-7-13/h5,8,12-13,24H,6-7,9-10H2,1-4H3,(H,22,23,25,27)/b18-14+. The van der Waals surface area contributed by atoms with Crippen LogP contribution in [0.15, 0.2) is 28.4 Å². The Morgan fingerprint density at radius 2 is 2.11 bits per heavy atom. The Balaban J connectivity index is 1.75. The lowest BCUT2D eigenvalue weighted by atomic mass is 9.93. The van der Waals surface area contributed by atoms with Crippen molar-refractivity contribution in [3.05, 3.63) is 34.1 Å². The number of thioether (sulfide) groups is 1. The van der Waals surface area contributed by atoms with Gasteiger partial charge in [-0.3, -0.25) is 10.1 Å². The molecule has 0 atom stereocenters. The Labute approximate surface area is 170 Å². The zero-order valence-corrected chi connectivity index (χ0v) is 17.6. The van der Waals surface area contributed by atoms with Gasteiger partial charge < -0.3 is 10.2 Å². The van der Waals surface area contributed by atoms with Crippen LogP contribution in [-0.2, 0) is 4.79 Å². The molecule has 1 amide bonds. The van der Waals surface area contributed by atoms with Crippen LogP contribution in [0.3, 0.4) is 0 Å². The SMILES string of the molecule is CN1CCC(C(=O)Nc2nccc(/C(C#N)=C3\NC(C(C)(C)C)=CS3)n2)CC1. The maximum atomic E-state index is 12.5. The molecular weight excluding hydrogens is 372 g/mol. The predicted molar refractivity (Wildman–Crippen MR) is 112 cm³/mol. The molecule has 0 saturated carbocycles. The van der Waals surface area contributed by atoms with E-state index in [1.807, 2.05) is 5.41 Å². The highest BCUT2D eigenvalue weighted by atomic mass is 32.2. The molecule has 1 fully saturated rings. The molecule has 8 heteroatoms. The summed E-state index contributed by atoms with van der Waals surface area (Å²) in [5.74, 6) is 0.158. The molecule has 3 rings (SSSR count). The molecule has 0 bridgehead atoms. The number of nitrogens with one attached hydrogen (secondary N) is 2. The average Bonchev–Trinajstić information content (AvgIpc) is 3.13. The number of allylic oxidation sites excluding steroid dienone is 2. The number of anilines is 1. The molecule has 0 aromatic carbocycles. The molecule has 1 saturated heterocycles. The summed E-state index contributed by atoms with van der Waals surface area (Å²) in [7, 11) is 2.06. The number of carbonyl (C=O) groups is 1. The van der Waals surface area contributed by atoms with Crippen molar-refractivity contribution in [3.63, 3.8) is 0 Å². The van der Waals surface area contributed by atoms with E-state index in [0.29, 0.717) is 11.3 Å². The van der Waals surface area contributed by atoms with Gasteiger partial charge in [-0.1, -0.05) is 32.5 Å². The largest absolute Gasteiger partial charge is 0.351 e. The predicted octanol–water partition coefficient (Wildman–Crippen LogP) is 3.17. The second-order valence-electron chi connectivity index (χ2n) is 8.17. The summed E-state index contributed by atoms with van der Waals surface area (Å²) in [5, 5.41) is 18.6. The Morgan fingerprint density at radius 1 is 1.39 bits per heavy atom. The monoisotopic (exact) mass is 398 g/mol. The Morgan fingerprint density at radius 3 is 2.71 bits per heavy atom. The summed E-state index contributed by atoms with van der Waals surface area (Å²) in [6.07, 6.45) is 3.23. The van der Waals surface area contributed by atoms with E-state index in [4.69, 9.17) is 0 Å². The van der Waals surface area contributed by atoms with Gasteiger partial charge in [0.05, 0.1) is 10.7 Å². The van der Waals surface area contributed by atoms with Gasteiger partial charge in [0.25, 0.3) is 0 Å². The summed E-state index contributed by atoms with van der Waals surface area (Å²) < 4.78 is 0. The number of carbonyl (C=O) groups excluding carboxylic acids is 1. The van der Waals surface area contributed by atoms with Crippen molar-refractivity contribution in [1.82, 2.24) is 20.2 Å². The van der Waals surface area contributed by atoms with Crippen molar-refractivity contribution in [2.45, 2.75) is 33.6 Å². The van der Waals surface area contributed by atoms with E-state index in [9.17, 15) is 10.1 Å². The number of hydrogen-bond acceptors (Lipinski definition) is 7. The first-order valence-electron chi connectivity index (χ1n) is 9.39. The smallest absolute Gasteiger partial charge is 0.229 e. The lowest BCUT2D eigenvalue weighted by Crippen LogP contribution is -2.36. The van der Waals surface area contributed by atoms with Gasteiger partial charge in [0.1, 0.15) is 11.6 Å². The number of hydrogen-bond donors (Lipinski definition) is 2. The zero-order chi connectivity index (χ0) is 20.3. The van der Waals surface area contributed by atoms with Crippen LogP contribution in [0.25, 0.3) is 5.57 Å². The fraction of sp³-hybridized carbons (Fsp3) is 0.500. The molecule has 0 radical (unpaired) electrons. The number of aromatic nitrogens is 2. The first-order chi connectivity index (χ1) is 13.3. The van der Waals surface area contributed by atoms with E-state index in [0.717, 1.165) is 36.7 Å². The molecule has 2 aliphatic heterocycles. The van der Waals surface area contributed by atoms with E-state index < -0.39 is 0 Å². The number of nitrogens with zero attached hydrogens (tertiary/aromatic N) is 4. The van der Waals surface area contributed by atoms with Gasteiger partial charge in [0, 0.05) is 23.2 Å². The first kappa shape index (κ1) is 20.4. The minimum absolute atomic E-state index is 0.0251. The Hall–Kier alpha value is -2.37. The summed E-state index contributed by atoms with van der Waals surface area (Å²) in [5.41, 5.74) is 1.96. The van der Waals surface area contributed by atoms with Crippen LogP contribution in [0.2, 0.25) is 0 Å². The topological polar surface area (TPSA) is 93.9 Å². The van der Waals surface area contributed by atoms with Crippen molar-refractivity contribution < 1.29 is 4.79 Å². The van der Waals surface area contributed by atoms with Crippen LogP contribution >= 0.6 is 11.8 Å². The number of amides is 1. The van der Waals surface area contributed by atoms with Crippen LogP contribution in [0, 0.1) is 22.7 Å². The Kier molecular flexibility index (Phi) is 6.06. The van der Waals surface area contributed by atoms with Gasteiger partial charge in [-0.05, 0) is 44.5 Å². The molecule has 3 heterocycles. The van der Waals surface area contributed by atoms with Crippen LogP contribution in [-0.4, -0.2) is 40.9 Å². The normalized spacial score (nSPS) is 20.2. The Bertz CT molecular complexity index is 856. The molecule has 0 aliphatic carbocycles. The average molecular weight is 399 g/mol. The molecule has 1 aromatic rings. The minimum Gasteiger partial charge on any atom is -0.351 e. The van der Waals surface area contributed by atoms with Gasteiger partial charge in [-0.25, -0.2) is 9.97 Å². The van der Waals surface area contributed by atoms with E-state index >= 15 is 0 Å². The maximum absolute atomic E-state index is 12.5. The number of piperidine rings is 1. The molecule has 0 unspecified atom stereocenters. The minimum atomic E-state index is -0.0542. The second kappa shape index (κ2) is 8.33. The van der Waals surface area contributed by atoms with Gasteiger partial charge in [-0.2, -0.15) is 5.26 Å². The van der Waals surface area contributed by atoms with Crippen LogP contribution in [0.4, 0.5) is 5.95 Å². The lowest BCUT2D eigenvalue weighted by Gasteiger charge is -2.27. The van der Waals surface area contributed by atoms with Gasteiger partial charge in [0.2, 0.25) is 11.9 Å². The van der Waals surface area contributed by atoms with Crippen LogP contribution < -0.4 is 10.6 Å². The number of likely N-dealkylation sites (tertiary alicyclic amines) is 1. The molecular formula is C20H26N6OS. The highest BCUT2D eigenvalue weighted by molar-refractivity contribution is 8.06. The van der Waals surface area contributed by atoms with E-state index in [2.05, 4.69) is 59.4 Å². The second-order valence-corrected chi connectivity index (χ2v) is 9.05. The van der Waals surface area contributed by atoms with Crippen LogP contribution in [0.1, 0.15) is 39.3 Å². The lowest BCUT2D eigenvalue weighted by molar-refractivity contribution is -0.121. The number of rotatable bonds is 3. The highest BCUT2D eigenvalue weighted by Crippen LogP contribution is 2.37. The summed E-state index contributed by atoms with van der Waals surface area (Å²) in [6.45, 7) is 8.17. The number of nitriles is 1. The molecule has 2 N–H and O–H groups in total. The van der Waals surface area contributed by atoms with E-state index in [1.54, 1.807) is 12.3 Å². The zero-order valence-electron chi connectivity index (χ0n) is 16.7. The van der Waals surface area contributed by atoms with Crippen molar-refractivity contribution >= 4 is 29.2 Å². The summed E-state index contributed by atoms with van der Waals surface area (Å²) in [4.78, 5) is 23.3. The molecule has 1 aromatic heterocycles. The third-order valence-electron chi connectivity index (χ3n) is 4.93. The van der Waals surface area contributed by atoms with Crippen LogP contribution in [0.5, 0.6) is 0 Å². The van der Waals surface area contributed by atoms with Crippen molar-refractivity contribution in [2.24, 2.45) is 11.3 Å². The molecule has 7 nitrogen and oxygen atoms in total. The van der Waals surface area contributed by atoms with Gasteiger partial charge in [-0.15, -0.1) is 0 Å². The summed E-state index contributed by atoms with van der Waals surface area (Å²) >= 11 is 1.48. The third kappa shape index (κ3) is 4.72. The molecule has 2 aliphatic rings. The van der Waals surface area contributed by atoms with Gasteiger partial charge >= 0.3 is 0 Å². The van der Waals surface area contributed by atoms with Crippen molar-refractivity contribution in [2.75, 3.05) is 25.5 Å². The van der Waals surface area contributed by atoms with E-state index in [1.165, 1.54) is 11.8 Å².